The van der Waals surface area contributed by atoms with Gasteiger partial charge >= 0.3 is 0 Å². The van der Waals surface area contributed by atoms with E-state index in [2.05, 4.69) is 39.7 Å². The summed E-state index contributed by atoms with van der Waals surface area (Å²) in [5.74, 6) is 1.86. The van der Waals surface area contributed by atoms with Gasteiger partial charge < -0.3 is 14.4 Å². The van der Waals surface area contributed by atoms with Crippen molar-refractivity contribution in [3.8, 4) is 11.6 Å². The van der Waals surface area contributed by atoms with E-state index in [0.29, 0.717) is 35.3 Å². The number of pyridine rings is 1. The van der Waals surface area contributed by atoms with Crippen LogP contribution in [0.25, 0.3) is 0 Å². The molecule has 166 valence electrons. The van der Waals surface area contributed by atoms with Crippen molar-refractivity contribution in [3.63, 3.8) is 0 Å². The second-order valence-electron chi connectivity index (χ2n) is 8.66. The van der Waals surface area contributed by atoms with Gasteiger partial charge in [0.05, 0.1) is 17.8 Å². The third-order valence-corrected chi connectivity index (χ3v) is 6.41. The highest BCUT2D eigenvalue weighted by atomic mass is 79.9. The molecule has 2 fully saturated rings. The molecule has 0 saturated carbocycles. The summed E-state index contributed by atoms with van der Waals surface area (Å²) in [6, 6.07) is 11.1. The van der Waals surface area contributed by atoms with Crippen LogP contribution in [0.3, 0.4) is 0 Å². The van der Waals surface area contributed by atoms with Crippen LogP contribution in [-0.4, -0.2) is 65.6 Å². The number of hydrogen-bond acceptors (Lipinski definition) is 5. The summed E-state index contributed by atoms with van der Waals surface area (Å²) in [5, 5.41) is 0. The Hall–Kier alpha value is -1.96. The predicted octanol–water partition coefficient (Wildman–Crippen LogP) is 4.60. The zero-order chi connectivity index (χ0) is 21.8. The van der Waals surface area contributed by atoms with Crippen molar-refractivity contribution in [2.24, 2.45) is 5.92 Å². The number of benzene rings is 1. The number of rotatable bonds is 5. The number of amides is 1. The van der Waals surface area contributed by atoms with Crippen LogP contribution in [0.5, 0.6) is 11.6 Å². The summed E-state index contributed by atoms with van der Waals surface area (Å²) < 4.78 is 12.5. The Labute approximate surface area is 192 Å². The number of carbonyl (C=O) groups is 1. The summed E-state index contributed by atoms with van der Waals surface area (Å²) in [6.45, 7) is 9.00. The zero-order valence-electron chi connectivity index (χ0n) is 18.2. The number of likely N-dealkylation sites (tertiary alicyclic amines) is 1. The summed E-state index contributed by atoms with van der Waals surface area (Å²) in [6.07, 6.45) is 4.30. The molecule has 7 heteroatoms. The predicted molar refractivity (Wildman–Crippen MR) is 124 cm³/mol. The molecule has 2 aliphatic heterocycles. The number of nitrogens with zero attached hydrogens (tertiary/aromatic N) is 3. The molecule has 0 bridgehead atoms. The highest BCUT2D eigenvalue weighted by Gasteiger charge is 2.28. The van der Waals surface area contributed by atoms with Crippen LogP contribution in [-0.2, 0) is 4.74 Å². The van der Waals surface area contributed by atoms with Crippen LogP contribution < -0.4 is 4.74 Å². The van der Waals surface area contributed by atoms with Gasteiger partial charge in [0.15, 0.2) is 0 Å². The van der Waals surface area contributed by atoms with Gasteiger partial charge in [-0.3, -0.25) is 9.69 Å². The fourth-order valence-electron chi connectivity index (χ4n) is 4.52. The Balaban J connectivity index is 1.27. The molecule has 2 atom stereocenters. The number of ether oxygens (including phenoxy) is 2. The number of carbonyl (C=O) groups excluding carboxylic acids is 1. The van der Waals surface area contributed by atoms with Gasteiger partial charge in [-0.2, -0.15) is 0 Å². The van der Waals surface area contributed by atoms with E-state index in [9.17, 15) is 4.79 Å². The second kappa shape index (κ2) is 10.1. The lowest BCUT2D eigenvalue weighted by Gasteiger charge is -2.39. The SMILES string of the molecule is CC1CN(CC2CCN(C(=O)c3ccc(Oc4cccc(Br)c4)nc3)CC2)CC(C)O1. The van der Waals surface area contributed by atoms with E-state index in [4.69, 9.17) is 9.47 Å². The Bertz CT molecular complexity index is 874. The van der Waals surface area contributed by atoms with E-state index >= 15 is 0 Å². The number of morpholine rings is 1. The second-order valence-corrected chi connectivity index (χ2v) is 9.57. The number of aromatic nitrogens is 1. The highest BCUT2D eigenvalue weighted by Crippen LogP contribution is 2.25. The first-order valence-corrected chi connectivity index (χ1v) is 11.8. The van der Waals surface area contributed by atoms with Gasteiger partial charge in [0.2, 0.25) is 5.88 Å². The first-order chi connectivity index (χ1) is 15.0. The lowest BCUT2D eigenvalue weighted by atomic mass is 9.95. The first kappa shape index (κ1) is 22.2. The lowest BCUT2D eigenvalue weighted by Crippen LogP contribution is -2.48. The van der Waals surface area contributed by atoms with Crippen LogP contribution in [0, 0.1) is 5.92 Å². The minimum absolute atomic E-state index is 0.0496. The van der Waals surface area contributed by atoms with E-state index < -0.39 is 0 Å². The summed E-state index contributed by atoms with van der Waals surface area (Å²) >= 11 is 3.43. The van der Waals surface area contributed by atoms with Crippen LogP contribution in [0.15, 0.2) is 47.1 Å². The molecule has 0 radical (unpaired) electrons. The minimum Gasteiger partial charge on any atom is -0.439 e. The number of halogens is 1. The van der Waals surface area contributed by atoms with Crippen molar-refractivity contribution in [1.29, 1.82) is 0 Å². The fourth-order valence-corrected chi connectivity index (χ4v) is 4.90. The van der Waals surface area contributed by atoms with Gasteiger partial charge in [-0.25, -0.2) is 4.98 Å². The Morgan fingerprint density at radius 2 is 1.90 bits per heavy atom. The molecule has 0 aliphatic carbocycles. The van der Waals surface area contributed by atoms with Crippen LogP contribution in [0.2, 0.25) is 0 Å². The van der Waals surface area contributed by atoms with Gasteiger partial charge in [0.25, 0.3) is 5.91 Å². The van der Waals surface area contributed by atoms with E-state index in [1.54, 1.807) is 18.3 Å². The molecule has 2 aliphatic rings. The molecule has 2 aromatic rings. The van der Waals surface area contributed by atoms with E-state index in [1.165, 1.54) is 0 Å². The van der Waals surface area contributed by atoms with Gasteiger partial charge in [-0.05, 0) is 56.9 Å². The van der Waals surface area contributed by atoms with E-state index in [1.807, 2.05) is 29.2 Å². The first-order valence-electron chi connectivity index (χ1n) is 11.0. The largest absolute Gasteiger partial charge is 0.439 e. The average molecular weight is 488 g/mol. The maximum atomic E-state index is 12.9. The quantitative estimate of drug-likeness (QED) is 0.616. The topological polar surface area (TPSA) is 54.9 Å². The van der Waals surface area contributed by atoms with Gasteiger partial charge in [0.1, 0.15) is 5.75 Å². The lowest BCUT2D eigenvalue weighted by molar-refractivity contribution is -0.0728. The molecule has 4 rings (SSSR count). The van der Waals surface area contributed by atoms with Crippen LogP contribution in [0.4, 0.5) is 0 Å². The molecule has 2 unspecified atom stereocenters. The summed E-state index contributed by atoms with van der Waals surface area (Å²) in [7, 11) is 0. The highest BCUT2D eigenvalue weighted by molar-refractivity contribution is 9.10. The monoisotopic (exact) mass is 487 g/mol. The van der Waals surface area contributed by atoms with Crippen molar-refractivity contribution in [1.82, 2.24) is 14.8 Å². The molecule has 6 nitrogen and oxygen atoms in total. The molecule has 2 saturated heterocycles. The molecular weight excluding hydrogens is 458 g/mol. The van der Waals surface area contributed by atoms with E-state index in [0.717, 1.165) is 50.0 Å². The summed E-state index contributed by atoms with van der Waals surface area (Å²) in [5.41, 5.74) is 0.607. The Kier molecular flexibility index (Phi) is 7.25. The zero-order valence-corrected chi connectivity index (χ0v) is 19.8. The molecule has 0 spiro atoms. The molecular formula is C24H30BrN3O3. The van der Waals surface area contributed by atoms with Crippen molar-refractivity contribution in [2.45, 2.75) is 38.9 Å². The minimum atomic E-state index is 0.0496. The molecule has 0 N–H and O–H groups in total. The number of piperidine rings is 1. The fraction of sp³-hybridized carbons (Fsp3) is 0.500. The van der Waals surface area contributed by atoms with Crippen molar-refractivity contribution in [3.05, 3.63) is 52.6 Å². The Morgan fingerprint density at radius 3 is 2.55 bits per heavy atom. The third-order valence-electron chi connectivity index (χ3n) is 5.92. The van der Waals surface area contributed by atoms with Gasteiger partial charge in [0, 0.05) is 49.5 Å². The average Bonchev–Trinajstić information content (AvgIpc) is 2.74. The van der Waals surface area contributed by atoms with Crippen molar-refractivity contribution >= 4 is 21.8 Å². The van der Waals surface area contributed by atoms with E-state index in [-0.39, 0.29) is 5.91 Å². The molecule has 3 heterocycles. The van der Waals surface area contributed by atoms with Crippen LogP contribution in [0.1, 0.15) is 37.0 Å². The van der Waals surface area contributed by atoms with Gasteiger partial charge in [-0.1, -0.05) is 22.0 Å². The summed E-state index contributed by atoms with van der Waals surface area (Å²) in [4.78, 5) is 21.7. The number of hydrogen-bond donors (Lipinski definition) is 0. The molecule has 31 heavy (non-hydrogen) atoms. The Morgan fingerprint density at radius 1 is 1.16 bits per heavy atom. The van der Waals surface area contributed by atoms with Crippen LogP contribution >= 0.6 is 15.9 Å². The standard InChI is InChI=1S/C24H30BrN3O3/c1-17-14-27(15-18(2)30-17)16-19-8-10-28(11-9-19)24(29)20-6-7-23(26-13-20)31-22-5-3-4-21(25)12-22/h3-7,12-13,17-19H,8-11,14-16H2,1-2H3. The normalized spacial score (nSPS) is 23.0. The smallest absolute Gasteiger partial charge is 0.255 e. The van der Waals surface area contributed by atoms with Crippen molar-refractivity contribution in [2.75, 3.05) is 32.7 Å². The maximum Gasteiger partial charge on any atom is 0.255 e. The third kappa shape index (κ3) is 6.05. The maximum absolute atomic E-state index is 12.9. The van der Waals surface area contributed by atoms with Crippen molar-refractivity contribution < 1.29 is 14.3 Å². The molecule has 1 amide bonds. The molecule has 1 aromatic heterocycles. The van der Waals surface area contributed by atoms with Gasteiger partial charge in [-0.15, -0.1) is 0 Å². The molecule has 1 aromatic carbocycles.